The maximum absolute atomic E-state index is 12.4. The van der Waals surface area contributed by atoms with Crippen molar-refractivity contribution in [3.8, 4) is 6.07 Å². The first-order chi connectivity index (χ1) is 15.0. The fourth-order valence-corrected chi connectivity index (χ4v) is 5.78. The Morgan fingerprint density at radius 2 is 2.26 bits per heavy atom. The van der Waals surface area contributed by atoms with Gasteiger partial charge in [0.25, 0.3) is 0 Å². The quantitative estimate of drug-likeness (QED) is 0.680. The summed E-state index contributed by atoms with van der Waals surface area (Å²) in [5.41, 5.74) is 1.44. The number of rotatable bonds is 4. The van der Waals surface area contributed by atoms with E-state index in [2.05, 4.69) is 11.4 Å². The highest BCUT2D eigenvalue weighted by Gasteiger charge is 2.30. The number of nitrogens with zero attached hydrogens (tertiary/aromatic N) is 2. The van der Waals surface area contributed by atoms with Gasteiger partial charge < -0.3 is 20.1 Å². The lowest BCUT2D eigenvalue weighted by molar-refractivity contribution is -0.111. The van der Waals surface area contributed by atoms with Crippen LogP contribution in [0.4, 0.5) is 9.80 Å². The van der Waals surface area contributed by atoms with Crippen LogP contribution >= 0.6 is 22.7 Å². The molecule has 1 saturated heterocycles. The van der Waals surface area contributed by atoms with Gasteiger partial charge in [-0.1, -0.05) is 6.07 Å². The molecule has 7 nitrogen and oxygen atoms in total. The molecule has 2 aliphatic rings. The zero-order valence-corrected chi connectivity index (χ0v) is 18.5. The number of piperidine rings is 1. The highest BCUT2D eigenvalue weighted by atomic mass is 32.1. The maximum Gasteiger partial charge on any atom is 0.410 e. The van der Waals surface area contributed by atoms with Crippen molar-refractivity contribution in [2.24, 2.45) is 0 Å². The molecule has 2 aromatic heterocycles. The second-order valence-electron chi connectivity index (χ2n) is 7.65. The van der Waals surface area contributed by atoms with Gasteiger partial charge in [-0.3, -0.25) is 4.79 Å². The Bertz CT molecular complexity index is 1020. The monoisotopic (exact) mass is 457 g/mol. The van der Waals surface area contributed by atoms with E-state index in [-0.39, 0.29) is 12.0 Å². The fourth-order valence-electron chi connectivity index (χ4n) is 3.90. The molecule has 1 fully saturated rings. The number of nitrogens with one attached hydrogen (secondary N) is 1. The lowest BCUT2D eigenvalue weighted by Gasteiger charge is -2.31. The molecule has 0 radical (unpaired) electrons. The first kappa shape index (κ1) is 21.6. The van der Waals surface area contributed by atoms with Gasteiger partial charge in [-0.15, -0.1) is 22.7 Å². The molecule has 2 aromatic rings. The van der Waals surface area contributed by atoms with Crippen LogP contribution in [-0.2, 0) is 22.4 Å². The average molecular weight is 458 g/mol. The second kappa shape index (κ2) is 9.64. The van der Waals surface area contributed by atoms with Crippen molar-refractivity contribution in [3.63, 3.8) is 0 Å². The van der Waals surface area contributed by atoms with Crippen molar-refractivity contribution in [2.45, 2.75) is 44.3 Å². The van der Waals surface area contributed by atoms with Crippen LogP contribution in [0.25, 0.3) is 6.08 Å². The van der Waals surface area contributed by atoms with Crippen molar-refractivity contribution in [1.82, 2.24) is 4.90 Å². The summed E-state index contributed by atoms with van der Waals surface area (Å²) >= 11 is 2.92. The molecule has 2 unspecified atom stereocenters. The topological polar surface area (TPSA) is 103 Å². The predicted molar refractivity (Wildman–Crippen MR) is 120 cm³/mol. The molecule has 1 aliphatic heterocycles. The maximum atomic E-state index is 12.4. The number of carbonyl (C=O) groups is 2. The highest BCUT2D eigenvalue weighted by molar-refractivity contribution is 7.16. The van der Waals surface area contributed by atoms with Crippen LogP contribution in [0.3, 0.4) is 0 Å². The zero-order valence-electron chi connectivity index (χ0n) is 16.9. The SMILES string of the molecule is N#Cc1c(NC(=O)/C=C/c2cccs2)sc2c1CCC(OC(=O)N1CCCC(O)C1)C2. The van der Waals surface area contributed by atoms with Gasteiger partial charge >= 0.3 is 6.09 Å². The number of carbonyl (C=O) groups excluding carboxylic acids is 2. The van der Waals surface area contributed by atoms with Crippen molar-refractivity contribution in [1.29, 1.82) is 5.26 Å². The molecule has 2 amide bonds. The van der Waals surface area contributed by atoms with Gasteiger partial charge in [-0.2, -0.15) is 5.26 Å². The van der Waals surface area contributed by atoms with E-state index in [0.29, 0.717) is 49.3 Å². The van der Waals surface area contributed by atoms with Crippen LogP contribution in [0.5, 0.6) is 0 Å². The molecule has 2 N–H and O–H groups in total. The third-order valence-corrected chi connectivity index (χ3v) is 7.44. The molecule has 0 saturated carbocycles. The number of anilines is 1. The van der Waals surface area contributed by atoms with Gasteiger partial charge in [0, 0.05) is 35.3 Å². The van der Waals surface area contributed by atoms with E-state index in [1.54, 1.807) is 22.3 Å². The molecule has 31 heavy (non-hydrogen) atoms. The number of ether oxygens (including phenoxy) is 1. The summed E-state index contributed by atoms with van der Waals surface area (Å²) in [5.74, 6) is -0.282. The second-order valence-corrected chi connectivity index (χ2v) is 9.73. The van der Waals surface area contributed by atoms with Crippen molar-refractivity contribution >= 4 is 45.8 Å². The Kier molecular flexibility index (Phi) is 6.70. The number of nitriles is 1. The van der Waals surface area contributed by atoms with Crippen molar-refractivity contribution in [2.75, 3.05) is 18.4 Å². The standard InChI is InChI=1S/C22H23N3O4S2/c23-12-18-17-7-5-15(29-22(28)25-9-1-3-14(26)13-25)11-19(17)31-21(18)24-20(27)8-6-16-4-2-10-30-16/h2,4,6,8,10,14-15,26H,1,3,5,7,9,11,13H2,(H,24,27)/b8-6+. The van der Waals surface area contributed by atoms with Gasteiger partial charge in [0.15, 0.2) is 0 Å². The number of hydrogen-bond donors (Lipinski definition) is 2. The Labute approximate surface area is 188 Å². The summed E-state index contributed by atoms with van der Waals surface area (Å²) in [5, 5.41) is 24.7. The molecule has 0 bridgehead atoms. The number of hydrogen-bond acceptors (Lipinski definition) is 7. The van der Waals surface area contributed by atoms with Gasteiger partial charge in [-0.05, 0) is 48.8 Å². The van der Waals surface area contributed by atoms with Gasteiger partial charge in [0.2, 0.25) is 5.91 Å². The number of aliphatic hydroxyl groups excluding tert-OH is 1. The smallest absolute Gasteiger partial charge is 0.410 e. The third kappa shape index (κ3) is 5.15. The molecule has 3 heterocycles. The molecule has 1 aliphatic carbocycles. The number of β-amino-alcohol motifs (C(OH)–C–C–N with tert-alkyl or cyclic N) is 1. The Morgan fingerprint density at radius 1 is 1.39 bits per heavy atom. The summed E-state index contributed by atoms with van der Waals surface area (Å²) < 4.78 is 5.68. The van der Waals surface area contributed by atoms with E-state index in [9.17, 15) is 20.0 Å². The van der Waals surface area contributed by atoms with Gasteiger partial charge in [0.05, 0.1) is 11.7 Å². The lowest BCUT2D eigenvalue weighted by Crippen LogP contribution is -2.44. The summed E-state index contributed by atoms with van der Waals surface area (Å²) in [6.45, 7) is 0.907. The van der Waals surface area contributed by atoms with Gasteiger partial charge in [0.1, 0.15) is 17.2 Å². The summed E-state index contributed by atoms with van der Waals surface area (Å²) in [4.78, 5) is 28.3. The van der Waals surface area contributed by atoms with Crippen LogP contribution in [0.1, 0.15) is 40.1 Å². The van der Waals surface area contributed by atoms with Crippen LogP contribution in [0.2, 0.25) is 0 Å². The van der Waals surface area contributed by atoms with E-state index in [0.717, 1.165) is 21.7 Å². The van der Waals surface area contributed by atoms with Crippen molar-refractivity contribution < 1.29 is 19.4 Å². The van der Waals surface area contributed by atoms with Crippen LogP contribution in [0.15, 0.2) is 23.6 Å². The molecule has 4 rings (SSSR count). The van der Waals surface area contributed by atoms with E-state index in [1.165, 1.54) is 17.4 Å². The van der Waals surface area contributed by atoms with Crippen LogP contribution < -0.4 is 5.32 Å². The average Bonchev–Trinajstić information content (AvgIpc) is 3.39. The minimum atomic E-state index is -0.491. The summed E-state index contributed by atoms with van der Waals surface area (Å²) in [7, 11) is 0. The number of aliphatic hydroxyl groups is 1. The third-order valence-electron chi connectivity index (χ3n) is 5.43. The van der Waals surface area contributed by atoms with E-state index in [1.807, 2.05) is 17.5 Å². The molecular formula is C22H23N3O4S2. The molecule has 9 heteroatoms. The zero-order chi connectivity index (χ0) is 21.8. The summed E-state index contributed by atoms with van der Waals surface area (Å²) in [6, 6.07) is 6.06. The number of fused-ring (bicyclic) bond motifs is 1. The Morgan fingerprint density at radius 3 is 3.00 bits per heavy atom. The van der Waals surface area contributed by atoms with E-state index in [4.69, 9.17) is 4.74 Å². The van der Waals surface area contributed by atoms with E-state index >= 15 is 0 Å². The molecule has 0 aromatic carbocycles. The first-order valence-corrected chi connectivity index (χ1v) is 11.9. The van der Waals surface area contributed by atoms with E-state index < -0.39 is 12.2 Å². The molecule has 2 atom stereocenters. The minimum Gasteiger partial charge on any atom is -0.446 e. The van der Waals surface area contributed by atoms with Crippen LogP contribution in [0, 0.1) is 11.3 Å². The largest absolute Gasteiger partial charge is 0.446 e. The summed E-state index contributed by atoms with van der Waals surface area (Å²) in [6.07, 6.45) is 5.30. The Balaban J connectivity index is 1.40. The fraction of sp³-hybridized carbons (Fsp3) is 0.409. The molecule has 0 spiro atoms. The first-order valence-electron chi connectivity index (χ1n) is 10.2. The number of likely N-dealkylation sites (tertiary alicyclic amines) is 1. The normalized spacial score (nSPS) is 20.8. The van der Waals surface area contributed by atoms with Crippen LogP contribution in [-0.4, -0.2) is 47.3 Å². The highest BCUT2D eigenvalue weighted by Crippen LogP contribution is 2.38. The molecular weight excluding hydrogens is 434 g/mol. The Hall–Kier alpha value is -2.67. The number of thiophene rings is 2. The molecule has 162 valence electrons. The lowest BCUT2D eigenvalue weighted by atomic mass is 9.94. The predicted octanol–water partition coefficient (Wildman–Crippen LogP) is 3.78. The van der Waals surface area contributed by atoms with Gasteiger partial charge in [-0.25, -0.2) is 4.79 Å². The minimum absolute atomic E-state index is 0.272. The number of amides is 2. The van der Waals surface area contributed by atoms with Crippen molar-refractivity contribution in [3.05, 3.63) is 44.5 Å².